The second-order valence-electron chi connectivity index (χ2n) is 5.57. The van der Waals surface area contributed by atoms with Crippen molar-refractivity contribution in [2.45, 2.75) is 59.8 Å². The normalized spacial score (nSPS) is 20.0. The van der Waals surface area contributed by atoms with Gasteiger partial charge < -0.3 is 4.84 Å². The molecular weight excluding hydrogens is 246 g/mol. The first-order valence-corrected chi connectivity index (χ1v) is 6.95. The lowest BCUT2D eigenvalue weighted by molar-refractivity contribution is -0.206. The first-order valence-electron chi connectivity index (χ1n) is 6.95. The van der Waals surface area contributed by atoms with Crippen molar-refractivity contribution in [2.24, 2.45) is 11.3 Å². The van der Waals surface area contributed by atoms with Gasteiger partial charge in [-0.15, -0.1) is 5.06 Å². The fourth-order valence-electron chi connectivity index (χ4n) is 2.48. The molecule has 0 saturated carbocycles. The van der Waals surface area contributed by atoms with Crippen LogP contribution in [0.5, 0.6) is 0 Å². The van der Waals surface area contributed by atoms with E-state index < -0.39 is 29.1 Å². The van der Waals surface area contributed by atoms with Crippen molar-refractivity contribution in [3.05, 3.63) is 0 Å². The molecule has 0 aromatic carbocycles. The molecule has 5 heteroatoms. The average molecular weight is 269 g/mol. The summed E-state index contributed by atoms with van der Waals surface area (Å²) in [5.41, 5.74) is -0.629. The molecule has 19 heavy (non-hydrogen) atoms. The molecule has 0 spiro atoms. The van der Waals surface area contributed by atoms with Crippen molar-refractivity contribution in [1.29, 1.82) is 0 Å². The van der Waals surface area contributed by atoms with E-state index in [0.717, 1.165) is 12.8 Å². The molecule has 1 saturated heterocycles. The number of hydrogen-bond donors (Lipinski definition) is 0. The number of rotatable bonds is 6. The van der Waals surface area contributed by atoms with Crippen LogP contribution in [0, 0.1) is 11.3 Å². The van der Waals surface area contributed by atoms with Crippen LogP contribution in [0.1, 0.15) is 59.8 Å². The van der Waals surface area contributed by atoms with Gasteiger partial charge in [0.15, 0.2) is 0 Å². The summed E-state index contributed by atoms with van der Waals surface area (Å²) in [5.74, 6) is -1.73. The second-order valence-corrected chi connectivity index (χ2v) is 5.57. The minimum Gasteiger partial charge on any atom is -0.330 e. The van der Waals surface area contributed by atoms with Gasteiger partial charge >= 0.3 is 5.97 Å². The summed E-state index contributed by atoms with van der Waals surface area (Å²) < 4.78 is 0. The standard InChI is InChI=1S/C14H23NO4/c1-5-7-14(4,8-6-2)13(18)19-15-11(16)9-10(3)12(15)17/h10H,5-9H2,1-4H3. The quantitative estimate of drug-likeness (QED) is 0.695. The Labute approximate surface area is 114 Å². The SMILES string of the molecule is CCCC(C)(CCC)C(=O)ON1C(=O)CC(C)C1=O. The van der Waals surface area contributed by atoms with Crippen LogP contribution >= 0.6 is 0 Å². The molecule has 1 unspecified atom stereocenters. The average Bonchev–Trinajstić information content (AvgIpc) is 2.56. The van der Waals surface area contributed by atoms with Gasteiger partial charge in [0.2, 0.25) is 0 Å². The molecule has 108 valence electrons. The predicted molar refractivity (Wildman–Crippen MR) is 69.6 cm³/mol. The molecule has 0 radical (unpaired) electrons. The number of imide groups is 1. The van der Waals surface area contributed by atoms with E-state index in [0.29, 0.717) is 17.9 Å². The zero-order chi connectivity index (χ0) is 14.6. The van der Waals surface area contributed by atoms with Crippen LogP contribution < -0.4 is 0 Å². The third-order valence-corrected chi connectivity index (χ3v) is 3.60. The fraction of sp³-hybridized carbons (Fsp3) is 0.786. The van der Waals surface area contributed by atoms with E-state index >= 15 is 0 Å². The lowest BCUT2D eigenvalue weighted by Gasteiger charge is -2.27. The maximum atomic E-state index is 12.2. The van der Waals surface area contributed by atoms with Crippen LogP contribution in [0.3, 0.4) is 0 Å². The molecule has 0 bridgehead atoms. The first kappa shape index (κ1) is 15.7. The number of amides is 2. The van der Waals surface area contributed by atoms with E-state index in [1.165, 1.54) is 0 Å². The molecule has 0 aliphatic carbocycles. The van der Waals surface area contributed by atoms with Gasteiger partial charge in [0.25, 0.3) is 11.8 Å². The lowest BCUT2D eigenvalue weighted by atomic mass is 9.81. The molecule has 1 fully saturated rings. The highest BCUT2D eigenvalue weighted by Gasteiger charge is 2.42. The Kier molecular flexibility index (Phi) is 5.09. The number of hydroxylamine groups is 2. The Balaban J connectivity index is 2.77. The van der Waals surface area contributed by atoms with Gasteiger partial charge in [-0.2, -0.15) is 0 Å². The predicted octanol–water partition coefficient (Wildman–Crippen LogP) is 2.45. The highest BCUT2D eigenvalue weighted by molar-refractivity contribution is 6.03. The molecular formula is C14H23NO4. The molecule has 1 aliphatic rings. The van der Waals surface area contributed by atoms with Gasteiger partial charge in [0.1, 0.15) is 0 Å². The molecule has 1 rings (SSSR count). The van der Waals surface area contributed by atoms with E-state index in [4.69, 9.17) is 4.84 Å². The molecule has 0 aromatic heterocycles. The van der Waals surface area contributed by atoms with Crippen LogP contribution in [0.15, 0.2) is 0 Å². The number of hydrogen-bond acceptors (Lipinski definition) is 4. The van der Waals surface area contributed by atoms with Crippen molar-refractivity contribution < 1.29 is 19.2 Å². The minimum absolute atomic E-state index is 0.115. The lowest BCUT2D eigenvalue weighted by Crippen LogP contribution is -2.39. The molecule has 1 aliphatic heterocycles. The third-order valence-electron chi connectivity index (χ3n) is 3.60. The molecule has 2 amide bonds. The van der Waals surface area contributed by atoms with Crippen molar-refractivity contribution in [3.63, 3.8) is 0 Å². The molecule has 5 nitrogen and oxygen atoms in total. The van der Waals surface area contributed by atoms with Crippen molar-refractivity contribution >= 4 is 17.8 Å². The zero-order valence-electron chi connectivity index (χ0n) is 12.2. The van der Waals surface area contributed by atoms with E-state index in [1.54, 1.807) is 6.92 Å². The van der Waals surface area contributed by atoms with E-state index in [-0.39, 0.29) is 6.42 Å². The zero-order valence-corrected chi connectivity index (χ0v) is 12.2. The molecule has 1 atom stereocenters. The van der Waals surface area contributed by atoms with Gasteiger partial charge in [0.05, 0.1) is 5.41 Å². The van der Waals surface area contributed by atoms with Crippen LogP contribution in [0.25, 0.3) is 0 Å². The summed E-state index contributed by atoms with van der Waals surface area (Å²) in [6.45, 7) is 7.48. The van der Waals surface area contributed by atoms with Gasteiger partial charge in [0, 0.05) is 12.3 Å². The molecule has 0 N–H and O–H groups in total. The van der Waals surface area contributed by atoms with E-state index in [9.17, 15) is 14.4 Å². The van der Waals surface area contributed by atoms with E-state index in [1.807, 2.05) is 20.8 Å². The van der Waals surface area contributed by atoms with Gasteiger partial charge in [-0.3, -0.25) is 9.59 Å². The topological polar surface area (TPSA) is 63.7 Å². The summed E-state index contributed by atoms with van der Waals surface area (Å²) in [6, 6.07) is 0. The summed E-state index contributed by atoms with van der Waals surface area (Å²) in [6.07, 6.45) is 3.19. The highest BCUT2D eigenvalue weighted by atomic mass is 16.7. The number of carbonyl (C=O) groups is 3. The summed E-state index contributed by atoms with van der Waals surface area (Å²) in [4.78, 5) is 40.6. The first-order chi connectivity index (χ1) is 8.85. The molecule has 0 aromatic rings. The Hall–Kier alpha value is -1.39. The maximum Gasteiger partial charge on any atom is 0.338 e. The van der Waals surface area contributed by atoms with Crippen LogP contribution in [-0.2, 0) is 19.2 Å². The maximum absolute atomic E-state index is 12.2. The number of nitrogens with zero attached hydrogens (tertiary/aromatic N) is 1. The summed E-state index contributed by atoms with van der Waals surface area (Å²) in [7, 11) is 0. The monoisotopic (exact) mass is 269 g/mol. The van der Waals surface area contributed by atoms with Gasteiger partial charge in [-0.1, -0.05) is 33.6 Å². The van der Waals surface area contributed by atoms with Crippen LogP contribution in [0.4, 0.5) is 0 Å². The Morgan fingerprint density at radius 2 is 1.84 bits per heavy atom. The van der Waals surface area contributed by atoms with Crippen molar-refractivity contribution in [1.82, 2.24) is 5.06 Å². The fourth-order valence-corrected chi connectivity index (χ4v) is 2.48. The van der Waals surface area contributed by atoms with Gasteiger partial charge in [-0.05, 0) is 19.8 Å². The summed E-state index contributed by atoms with van der Waals surface area (Å²) in [5, 5.41) is 0.649. The van der Waals surface area contributed by atoms with Gasteiger partial charge in [-0.25, -0.2) is 4.79 Å². The largest absolute Gasteiger partial charge is 0.338 e. The van der Waals surface area contributed by atoms with Crippen LogP contribution in [0.2, 0.25) is 0 Å². The van der Waals surface area contributed by atoms with E-state index in [2.05, 4.69) is 0 Å². The van der Waals surface area contributed by atoms with Crippen molar-refractivity contribution in [2.75, 3.05) is 0 Å². The van der Waals surface area contributed by atoms with Crippen molar-refractivity contribution in [3.8, 4) is 0 Å². The Morgan fingerprint density at radius 3 is 2.21 bits per heavy atom. The molecule has 1 heterocycles. The number of carbonyl (C=O) groups excluding carboxylic acids is 3. The highest BCUT2D eigenvalue weighted by Crippen LogP contribution is 2.32. The Morgan fingerprint density at radius 1 is 1.32 bits per heavy atom. The smallest absolute Gasteiger partial charge is 0.330 e. The minimum atomic E-state index is -0.629. The second kappa shape index (κ2) is 6.17. The Bertz CT molecular complexity index is 372. The summed E-state index contributed by atoms with van der Waals surface area (Å²) >= 11 is 0. The van der Waals surface area contributed by atoms with Crippen LogP contribution in [-0.4, -0.2) is 22.8 Å². The third kappa shape index (κ3) is 3.33.